The van der Waals surface area contributed by atoms with E-state index in [1.54, 1.807) is 44.6 Å². The lowest BCUT2D eigenvalue weighted by atomic mass is 9.98. The molecule has 0 bridgehead atoms. The van der Waals surface area contributed by atoms with Crippen LogP contribution in [0.1, 0.15) is 27.7 Å². The minimum Gasteiger partial charge on any atom is -0.497 e. The number of hydrogen-bond donors (Lipinski definition) is 2. The van der Waals surface area contributed by atoms with Crippen molar-refractivity contribution in [3.63, 3.8) is 0 Å². The number of aromatic nitrogens is 2. The lowest BCUT2D eigenvalue weighted by Gasteiger charge is -2.17. The normalized spacial score (nSPS) is 12.0. The zero-order valence-electron chi connectivity index (χ0n) is 13.8. The molecule has 0 radical (unpaired) electrons. The molecule has 0 amide bonds. The summed E-state index contributed by atoms with van der Waals surface area (Å²) in [5, 5.41) is 9.93. The highest BCUT2D eigenvalue weighted by atomic mass is 16.5. The van der Waals surface area contributed by atoms with Gasteiger partial charge in [0.05, 0.1) is 37.0 Å². The van der Waals surface area contributed by atoms with Crippen LogP contribution in [0, 0.1) is 0 Å². The Morgan fingerprint density at radius 3 is 2.64 bits per heavy atom. The second-order valence-electron chi connectivity index (χ2n) is 5.35. The van der Waals surface area contributed by atoms with Gasteiger partial charge in [-0.25, -0.2) is 14.8 Å². The Morgan fingerprint density at radius 2 is 1.96 bits per heavy atom. The summed E-state index contributed by atoms with van der Waals surface area (Å²) in [6.45, 7) is 0. The Kier molecular flexibility index (Phi) is 4.49. The highest BCUT2D eigenvalue weighted by molar-refractivity contribution is 6.02. The van der Waals surface area contributed by atoms with E-state index < -0.39 is 12.0 Å². The molecule has 0 aliphatic rings. The van der Waals surface area contributed by atoms with E-state index in [2.05, 4.69) is 9.97 Å². The number of benzene rings is 2. The number of rotatable bonds is 5. The van der Waals surface area contributed by atoms with Gasteiger partial charge in [0.2, 0.25) is 0 Å². The first kappa shape index (κ1) is 16.7. The molecule has 3 N–H and O–H groups in total. The van der Waals surface area contributed by atoms with Gasteiger partial charge in [0, 0.05) is 17.0 Å². The Labute approximate surface area is 144 Å². The molecule has 0 saturated carbocycles. The molecule has 2 aromatic carbocycles. The first-order valence-corrected chi connectivity index (χ1v) is 7.51. The molecule has 7 nitrogen and oxygen atoms in total. The Bertz CT molecular complexity index is 943. The number of methoxy groups -OCH3 is 2. The molecule has 1 aromatic heterocycles. The zero-order valence-corrected chi connectivity index (χ0v) is 13.8. The number of aromatic carboxylic acids is 1. The van der Waals surface area contributed by atoms with Crippen molar-refractivity contribution in [1.82, 2.24) is 9.97 Å². The number of hydrogen-bond acceptors (Lipinski definition) is 6. The van der Waals surface area contributed by atoms with Gasteiger partial charge in [-0.15, -0.1) is 0 Å². The lowest BCUT2D eigenvalue weighted by molar-refractivity contribution is 0.0699. The first-order valence-electron chi connectivity index (χ1n) is 7.51. The molecule has 0 fully saturated rings. The van der Waals surface area contributed by atoms with Crippen molar-refractivity contribution < 1.29 is 19.4 Å². The maximum absolute atomic E-state index is 11.4. The predicted molar refractivity (Wildman–Crippen MR) is 92.1 cm³/mol. The summed E-state index contributed by atoms with van der Waals surface area (Å²) >= 11 is 0. The Balaban J connectivity index is 2.17. The van der Waals surface area contributed by atoms with E-state index in [0.717, 1.165) is 0 Å². The van der Waals surface area contributed by atoms with Crippen LogP contribution in [0.5, 0.6) is 11.5 Å². The zero-order chi connectivity index (χ0) is 18.0. The average molecular weight is 339 g/mol. The molecule has 1 atom stereocenters. The molecule has 25 heavy (non-hydrogen) atoms. The molecule has 1 heterocycles. The van der Waals surface area contributed by atoms with E-state index in [1.807, 2.05) is 0 Å². The largest absolute Gasteiger partial charge is 0.497 e. The van der Waals surface area contributed by atoms with Gasteiger partial charge < -0.3 is 20.3 Å². The van der Waals surface area contributed by atoms with Crippen molar-refractivity contribution in [1.29, 1.82) is 0 Å². The highest BCUT2D eigenvalue weighted by Gasteiger charge is 2.20. The summed E-state index contributed by atoms with van der Waals surface area (Å²) in [5.41, 5.74) is 8.11. The summed E-state index contributed by atoms with van der Waals surface area (Å²) in [4.78, 5) is 19.8. The molecule has 0 spiro atoms. The average Bonchev–Trinajstić information content (AvgIpc) is 2.65. The van der Waals surface area contributed by atoms with E-state index in [0.29, 0.717) is 33.7 Å². The van der Waals surface area contributed by atoms with E-state index in [-0.39, 0.29) is 5.56 Å². The van der Waals surface area contributed by atoms with Crippen LogP contribution in [-0.2, 0) is 0 Å². The predicted octanol–water partition coefficient (Wildman–Crippen LogP) is 2.39. The Morgan fingerprint density at radius 1 is 1.16 bits per heavy atom. The van der Waals surface area contributed by atoms with Crippen molar-refractivity contribution in [2.24, 2.45) is 5.73 Å². The van der Waals surface area contributed by atoms with Gasteiger partial charge in [-0.1, -0.05) is 12.1 Å². The lowest BCUT2D eigenvalue weighted by Crippen LogP contribution is -2.16. The number of carbonyl (C=O) groups is 1. The van der Waals surface area contributed by atoms with Crippen LogP contribution in [0.15, 0.2) is 42.7 Å². The topological polar surface area (TPSA) is 108 Å². The molecular weight excluding hydrogens is 322 g/mol. The minimum atomic E-state index is -1.05. The van der Waals surface area contributed by atoms with Crippen LogP contribution in [0.2, 0.25) is 0 Å². The fourth-order valence-electron chi connectivity index (χ4n) is 2.75. The number of carboxylic acid groups (broad SMARTS) is 1. The first-order chi connectivity index (χ1) is 12.1. The van der Waals surface area contributed by atoms with E-state index in [4.69, 9.17) is 15.2 Å². The number of para-hydroxylation sites is 1. The second-order valence-corrected chi connectivity index (χ2v) is 5.35. The van der Waals surface area contributed by atoms with Crippen molar-refractivity contribution >= 4 is 16.9 Å². The van der Waals surface area contributed by atoms with Crippen LogP contribution in [0.25, 0.3) is 10.9 Å². The second kappa shape index (κ2) is 6.74. The fraction of sp³-hybridized carbons (Fsp3) is 0.167. The fourth-order valence-corrected chi connectivity index (χ4v) is 2.75. The summed E-state index contributed by atoms with van der Waals surface area (Å²) in [5.74, 6) is 0.160. The molecule has 0 aliphatic carbocycles. The van der Waals surface area contributed by atoms with Crippen LogP contribution >= 0.6 is 0 Å². The molecule has 128 valence electrons. The smallest absolute Gasteiger partial charge is 0.337 e. The molecule has 7 heteroatoms. The van der Waals surface area contributed by atoms with Gasteiger partial charge in [0.1, 0.15) is 17.8 Å². The molecule has 1 unspecified atom stereocenters. The standard InChI is InChI=1S/C18H17N3O4/c1-24-10-6-7-11(14(8-10)25-2)15(19)17-12-4-3-5-13(18(22)23)16(12)20-9-21-17/h3-9,15H,19H2,1-2H3,(H,22,23). The monoisotopic (exact) mass is 339 g/mol. The molecular formula is C18H17N3O4. The van der Waals surface area contributed by atoms with Crippen molar-refractivity contribution in [3.8, 4) is 11.5 Å². The van der Waals surface area contributed by atoms with Gasteiger partial charge in [-0.05, 0) is 18.2 Å². The molecule has 0 saturated heterocycles. The summed E-state index contributed by atoms with van der Waals surface area (Å²) in [6.07, 6.45) is 1.32. The van der Waals surface area contributed by atoms with E-state index >= 15 is 0 Å². The summed E-state index contributed by atoms with van der Waals surface area (Å²) in [6, 6.07) is 9.61. The van der Waals surface area contributed by atoms with Crippen LogP contribution in [0.3, 0.4) is 0 Å². The number of nitrogens with two attached hydrogens (primary N) is 1. The molecule has 3 aromatic rings. The van der Waals surface area contributed by atoms with Gasteiger partial charge in [0.25, 0.3) is 0 Å². The van der Waals surface area contributed by atoms with Crippen LogP contribution < -0.4 is 15.2 Å². The maximum Gasteiger partial charge on any atom is 0.337 e. The SMILES string of the molecule is COc1ccc(C(N)c2ncnc3c(C(=O)O)cccc23)c(OC)c1. The van der Waals surface area contributed by atoms with Gasteiger partial charge in [-0.2, -0.15) is 0 Å². The highest BCUT2D eigenvalue weighted by Crippen LogP contribution is 2.33. The van der Waals surface area contributed by atoms with Crippen molar-refractivity contribution in [3.05, 3.63) is 59.5 Å². The quantitative estimate of drug-likeness (QED) is 0.735. The third kappa shape index (κ3) is 2.97. The van der Waals surface area contributed by atoms with Gasteiger partial charge >= 0.3 is 5.97 Å². The molecule has 0 aliphatic heterocycles. The molecule has 3 rings (SSSR count). The third-order valence-electron chi connectivity index (χ3n) is 4.00. The summed E-state index contributed by atoms with van der Waals surface area (Å²) < 4.78 is 10.6. The van der Waals surface area contributed by atoms with E-state index in [1.165, 1.54) is 12.4 Å². The van der Waals surface area contributed by atoms with E-state index in [9.17, 15) is 9.90 Å². The van der Waals surface area contributed by atoms with Crippen molar-refractivity contribution in [2.45, 2.75) is 6.04 Å². The number of carboxylic acids is 1. The minimum absolute atomic E-state index is 0.107. The van der Waals surface area contributed by atoms with Crippen molar-refractivity contribution in [2.75, 3.05) is 14.2 Å². The van der Waals surface area contributed by atoms with Gasteiger partial charge in [0.15, 0.2) is 0 Å². The van der Waals surface area contributed by atoms with Crippen LogP contribution in [0.4, 0.5) is 0 Å². The summed E-state index contributed by atoms with van der Waals surface area (Å²) in [7, 11) is 3.12. The van der Waals surface area contributed by atoms with Crippen LogP contribution in [-0.4, -0.2) is 35.3 Å². The number of ether oxygens (including phenoxy) is 2. The number of nitrogens with zero attached hydrogens (tertiary/aromatic N) is 2. The number of fused-ring (bicyclic) bond motifs is 1. The third-order valence-corrected chi connectivity index (χ3v) is 4.00. The maximum atomic E-state index is 11.4. The Hall–Kier alpha value is -3.19. The van der Waals surface area contributed by atoms with Gasteiger partial charge in [-0.3, -0.25) is 0 Å².